The molecule has 0 unspecified atom stereocenters. The van der Waals surface area contributed by atoms with Gasteiger partial charge in [-0.15, -0.1) is 0 Å². The van der Waals surface area contributed by atoms with Gasteiger partial charge >= 0.3 is 6.18 Å². The van der Waals surface area contributed by atoms with Crippen LogP contribution in [0.2, 0.25) is 0 Å². The van der Waals surface area contributed by atoms with Gasteiger partial charge in [-0.25, -0.2) is 0 Å². The van der Waals surface area contributed by atoms with Gasteiger partial charge in [0.25, 0.3) is 0 Å². The third-order valence-corrected chi connectivity index (χ3v) is 2.97. The molecule has 0 saturated heterocycles. The average Bonchev–Trinajstić information content (AvgIpc) is 2.35. The van der Waals surface area contributed by atoms with Gasteiger partial charge < -0.3 is 4.90 Å². The van der Waals surface area contributed by atoms with E-state index in [1.54, 1.807) is 12.1 Å². The minimum atomic E-state index is -4.51. The topological polar surface area (TPSA) is 27.0 Å². The highest BCUT2D eigenvalue weighted by Crippen LogP contribution is 2.34. The molecule has 0 aliphatic heterocycles. The maximum absolute atomic E-state index is 13.0. The zero-order valence-corrected chi connectivity index (χ0v) is 12.8. The average molecular weight is 298 g/mol. The van der Waals surface area contributed by atoms with Crippen molar-refractivity contribution in [1.29, 1.82) is 5.26 Å². The van der Waals surface area contributed by atoms with Crippen molar-refractivity contribution in [1.82, 2.24) is 0 Å². The van der Waals surface area contributed by atoms with Gasteiger partial charge in [0.2, 0.25) is 0 Å². The molecule has 0 aliphatic rings. The molecule has 0 aromatic heterocycles. The van der Waals surface area contributed by atoms with Crippen molar-refractivity contribution in [3.63, 3.8) is 0 Å². The van der Waals surface area contributed by atoms with Gasteiger partial charge in [0.15, 0.2) is 0 Å². The molecule has 0 fully saturated rings. The number of anilines is 1. The number of alkyl halides is 3. The Hall–Kier alpha value is -1.70. The summed E-state index contributed by atoms with van der Waals surface area (Å²) in [6.07, 6.45) is -4.51. The molecule has 2 nitrogen and oxygen atoms in total. The highest BCUT2D eigenvalue weighted by atomic mass is 19.4. The van der Waals surface area contributed by atoms with Crippen molar-refractivity contribution in [2.45, 2.75) is 33.9 Å². The molecule has 1 aromatic rings. The lowest BCUT2D eigenvalue weighted by molar-refractivity contribution is -0.137. The third-order valence-electron chi connectivity index (χ3n) is 2.97. The Bertz CT molecular complexity index is 503. The Morgan fingerprint density at radius 1 is 1.10 bits per heavy atom. The quantitative estimate of drug-likeness (QED) is 0.788. The van der Waals surface area contributed by atoms with E-state index in [2.05, 4.69) is 0 Å². The van der Waals surface area contributed by atoms with Crippen molar-refractivity contribution >= 4 is 5.69 Å². The fourth-order valence-electron chi connectivity index (χ4n) is 2.23. The largest absolute Gasteiger partial charge is 0.417 e. The van der Waals surface area contributed by atoms with E-state index >= 15 is 0 Å². The monoisotopic (exact) mass is 298 g/mol. The van der Waals surface area contributed by atoms with E-state index in [1.807, 2.05) is 32.6 Å². The highest BCUT2D eigenvalue weighted by Gasteiger charge is 2.34. The lowest BCUT2D eigenvalue weighted by Crippen LogP contribution is -2.31. The van der Waals surface area contributed by atoms with Crippen LogP contribution in [0.3, 0.4) is 0 Å². The van der Waals surface area contributed by atoms with E-state index in [0.29, 0.717) is 30.6 Å². The third kappa shape index (κ3) is 4.96. The molecule has 0 N–H and O–H groups in total. The number of hydrogen-bond acceptors (Lipinski definition) is 2. The van der Waals surface area contributed by atoms with E-state index in [1.165, 1.54) is 6.07 Å². The molecular formula is C16H21F3N2. The van der Waals surface area contributed by atoms with Crippen molar-refractivity contribution in [2.24, 2.45) is 11.8 Å². The van der Waals surface area contributed by atoms with Gasteiger partial charge in [-0.05, 0) is 30.0 Å². The number of rotatable bonds is 5. The second kappa shape index (κ2) is 6.84. The van der Waals surface area contributed by atoms with Crippen LogP contribution in [-0.4, -0.2) is 13.1 Å². The molecule has 0 spiro atoms. The van der Waals surface area contributed by atoms with Crippen molar-refractivity contribution in [3.05, 3.63) is 29.3 Å². The number of nitriles is 1. The molecule has 0 aliphatic carbocycles. The maximum Gasteiger partial charge on any atom is 0.417 e. The zero-order valence-electron chi connectivity index (χ0n) is 12.8. The first-order chi connectivity index (χ1) is 9.65. The predicted octanol–water partition coefficient (Wildman–Crippen LogP) is 4.70. The van der Waals surface area contributed by atoms with Crippen LogP contribution in [0.25, 0.3) is 0 Å². The Balaban J connectivity index is 3.24. The van der Waals surface area contributed by atoms with Gasteiger partial charge in [0.1, 0.15) is 0 Å². The molecule has 0 heterocycles. The van der Waals surface area contributed by atoms with Crippen LogP contribution in [0.15, 0.2) is 18.2 Å². The second-order valence-corrected chi connectivity index (χ2v) is 6.03. The molecule has 1 aromatic carbocycles. The Morgan fingerprint density at radius 3 is 2.00 bits per heavy atom. The van der Waals surface area contributed by atoms with Crippen molar-refractivity contribution in [3.8, 4) is 6.07 Å². The van der Waals surface area contributed by atoms with Crippen LogP contribution < -0.4 is 4.90 Å². The first-order valence-electron chi connectivity index (χ1n) is 7.01. The van der Waals surface area contributed by atoms with Gasteiger partial charge in [-0.2, -0.15) is 18.4 Å². The van der Waals surface area contributed by atoms with Crippen LogP contribution in [-0.2, 0) is 6.18 Å². The summed E-state index contributed by atoms with van der Waals surface area (Å²) in [7, 11) is 0. The van der Waals surface area contributed by atoms with Gasteiger partial charge in [0, 0.05) is 18.8 Å². The lowest BCUT2D eigenvalue weighted by Gasteiger charge is -2.29. The van der Waals surface area contributed by atoms with Crippen LogP contribution in [0.1, 0.15) is 38.8 Å². The zero-order chi connectivity index (χ0) is 16.2. The highest BCUT2D eigenvalue weighted by molar-refractivity contribution is 5.55. The summed E-state index contributed by atoms with van der Waals surface area (Å²) in [5, 5.41) is 8.84. The van der Waals surface area contributed by atoms with Crippen LogP contribution in [0, 0.1) is 23.2 Å². The molecule has 0 radical (unpaired) electrons. The molecule has 0 amide bonds. The summed E-state index contributed by atoms with van der Waals surface area (Å²) in [5.74, 6) is 0.683. The summed E-state index contributed by atoms with van der Waals surface area (Å²) >= 11 is 0. The van der Waals surface area contributed by atoms with E-state index < -0.39 is 11.7 Å². The summed E-state index contributed by atoms with van der Waals surface area (Å²) in [4.78, 5) is 1.95. The molecule has 116 valence electrons. The van der Waals surface area contributed by atoms with Gasteiger partial charge in [-0.3, -0.25) is 0 Å². The first kappa shape index (κ1) is 17.4. The lowest BCUT2D eigenvalue weighted by atomic mass is 10.0. The minimum absolute atomic E-state index is 0.333. The minimum Gasteiger partial charge on any atom is -0.371 e. The summed E-state index contributed by atoms with van der Waals surface area (Å²) in [6, 6.07) is 5.55. The molecule has 0 bridgehead atoms. The fourth-order valence-corrected chi connectivity index (χ4v) is 2.23. The summed E-state index contributed by atoms with van der Waals surface area (Å²) in [6.45, 7) is 9.48. The van der Waals surface area contributed by atoms with Crippen molar-refractivity contribution < 1.29 is 13.2 Å². The number of nitrogens with zero attached hydrogens (tertiary/aromatic N) is 2. The van der Waals surface area contributed by atoms with Crippen LogP contribution in [0.4, 0.5) is 18.9 Å². The van der Waals surface area contributed by atoms with Crippen LogP contribution in [0.5, 0.6) is 0 Å². The first-order valence-corrected chi connectivity index (χ1v) is 7.01. The fraction of sp³-hybridized carbons (Fsp3) is 0.562. The summed E-state index contributed by atoms with van der Waals surface area (Å²) < 4.78 is 39.1. The molecule has 0 atom stereocenters. The molecule has 1 rings (SSSR count). The maximum atomic E-state index is 13.0. The van der Waals surface area contributed by atoms with E-state index in [0.717, 1.165) is 6.07 Å². The van der Waals surface area contributed by atoms with E-state index in [-0.39, 0.29) is 5.56 Å². The summed E-state index contributed by atoms with van der Waals surface area (Å²) in [5.41, 5.74) is -0.677. The van der Waals surface area contributed by atoms with E-state index in [9.17, 15) is 13.2 Å². The van der Waals surface area contributed by atoms with Gasteiger partial charge in [0.05, 0.1) is 17.2 Å². The predicted molar refractivity (Wildman–Crippen MR) is 78.0 cm³/mol. The standard InChI is InChI=1S/C16H21F3N2/c1-11(2)9-21(10-12(3)4)14-6-5-13(8-20)15(7-14)16(17,18)19/h5-7,11-12H,9-10H2,1-4H3. The number of hydrogen-bond donors (Lipinski definition) is 0. The normalized spacial score (nSPS) is 11.8. The SMILES string of the molecule is CC(C)CN(CC(C)C)c1ccc(C#N)c(C(F)(F)F)c1. The number of benzene rings is 1. The van der Waals surface area contributed by atoms with E-state index in [4.69, 9.17) is 5.26 Å². The number of halogens is 3. The smallest absolute Gasteiger partial charge is 0.371 e. The Morgan fingerprint density at radius 2 is 1.62 bits per heavy atom. The molecule has 5 heteroatoms. The molecule has 21 heavy (non-hydrogen) atoms. The Kier molecular flexibility index (Phi) is 5.65. The molecular weight excluding hydrogens is 277 g/mol. The van der Waals surface area contributed by atoms with Crippen LogP contribution >= 0.6 is 0 Å². The Labute approximate surface area is 124 Å². The van der Waals surface area contributed by atoms with Crippen molar-refractivity contribution in [2.75, 3.05) is 18.0 Å². The molecule has 0 saturated carbocycles. The van der Waals surface area contributed by atoms with Gasteiger partial charge in [-0.1, -0.05) is 27.7 Å². The second-order valence-electron chi connectivity index (χ2n) is 6.03.